The summed E-state index contributed by atoms with van der Waals surface area (Å²) in [7, 11) is -1.000. The average Bonchev–Trinajstić information content (AvgIpc) is 3.04. The Morgan fingerprint density at radius 3 is 1.26 bits per heavy atom. The van der Waals surface area contributed by atoms with Crippen LogP contribution in [0.5, 0.6) is 0 Å². The molecule has 1 aliphatic rings. The molecule has 3 aromatic rings. The second-order valence-corrected chi connectivity index (χ2v) is 11.6. The van der Waals surface area contributed by atoms with E-state index in [-0.39, 0.29) is 4.90 Å². The predicted octanol–water partition coefficient (Wildman–Crippen LogP) is 6.01. The first kappa shape index (κ1) is 30.2. The van der Waals surface area contributed by atoms with E-state index in [1.807, 2.05) is 60.7 Å². The molecule has 5 radical (unpaired) electrons. The summed E-state index contributed by atoms with van der Waals surface area (Å²) in [6.07, 6.45) is 0. The van der Waals surface area contributed by atoms with Crippen LogP contribution in [0.25, 0.3) is 0 Å². The van der Waals surface area contributed by atoms with Gasteiger partial charge in [-0.3, -0.25) is 0 Å². The van der Waals surface area contributed by atoms with Gasteiger partial charge in [0.15, 0.2) is 0 Å². The Morgan fingerprint density at radius 1 is 0.600 bits per heavy atom. The SMILES string of the molecule is C[C]1[C](C)[C](C)[C](C)[C]1C.O=S(=O)([O-])c1ccccc1P(c1ccccc1)c1ccccc1.[Cl][Ir+2]. The fourth-order valence-corrected chi connectivity index (χ4v) is 7.34. The van der Waals surface area contributed by atoms with Crippen LogP contribution >= 0.6 is 17.5 Å². The van der Waals surface area contributed by atoms with Crippen LogP contribution in [0.2, 0.25) is 0 Å². The zero-order valence-corrected chi connectivity index (χ0v) is 25.2. The van der Waals surface area contributed by atoms with Crippen LogP contribution in [0.3, 0.4) is 0 Å². The van der Waals surface area contributed by atoms with Gasteiger partial charge in [0.05, 0.1) is 4.90 Å². The van der Waals surface area contributed by atoms with Gasteiger partial charge in [0.25, 0.3) is 0 Å². The Balaban J connectivity index is 0.000000302. The van der Waals surface area contributed by atoms with Gasteiger partial charge < -0.3 is 4.55 Å². The van der Waals surface area contributed by atoms with Crippen molar-refractivity contribution in [1.82, 2.24) is 0 Å². The van der Waals surface area contributed by atoms with Crippen LogP contribution in [0, 0.1) is 29.6 Å². The van der Waals surface area contributed by atoms with Crippen LogP contribution in [0.1, 0.15) is 34.6 Å². The van der Waals surface area contributed by atoms with Gasteiger partial charge in [-0.05, 0) is 54.2 Å². The molecule has 185 valence electrons. The molecule has 35 heavy (non-hydrogen) atoms. The normalized spacial score (nSPS) is 15.9. The fraction of sp³-hybridized carbons (Fsp3) is 0.179. The number of halogens is 1. The molecule has 4 rings (SSSR count). The van der Waals surface area contributed by atoms with Gasteiger partial charge in [-0.25, -0.2) is 8.42 Å². The topological polar surface area (TPSA) is 57.2 Å². The quantitative estimate of drug-likeness (QED) is 0.247. The molecule has 1 saturated carbocycles. The Hall–Kier alpha value is -1.06. The van der Waals surface area contributed by atoms with Crippen LogP contribution in [-0.2, 0) is 28.0 Å². The molecule has 1 fully saturated rings. The summed E-state index contributed by atoms with van der Waals surface area (Å²) >= 11 is 1.47. The fourth-order valence-electron chi connectivity index (χ4n) is 3.84. The van der Waals surface area contributed by atoms with Crippen molar-refractivity contribution in [3.05, 3.63) is 115 Å². The first-order valence-corrected chi connectivity index (χ1v) is 16.6. The second kappa shape index (κ2) is 14.0. The van der Waals surface area contributed by atoms with E-state index in [4.69, 9.17) is 0 Å². The van der Waals surface area contributed by atoms with Crippen molar-refractivity contribution in [2.24, 2.45) is 0 Å². The van der Waals surface area contributed by atoms with Crippen molar-refractivity contribution in [2.45, 2.75) is 39.5 Å². The van der Waals surface area contributed by atoms with Gasteiger partial charge in [0.1, 0.15) is 10.1 Å². The number of benzene rings is 3. The molecule has 7 heteroatoms. The third kappa shape index (κ3) is 7.71. The zero-order chi connectivity index (χ0) is 26.2. The third-order valence-electron chi connectivity index (χ3n) is 6.22. The van der Waals surface area contributed by atoms with Gasteiger partial charge in [-0.1, -0.05) is 113 Å². The number of rotatable bonds is 4. The maximum atomic E-state index is 11.7. The summed E-state index contributed by atoms with van der Waals surface area (Å²) < 4.78 is 35.0. The van der Waals surface area contributed by atoms with Gasteiger partial charge >= 0.3 is 27.5 Å². The molecule has 3 aromatic carbocycles. The predicted molar refractivity (Wildman–Crippen MR) is 144 cm³/mol. The molecule has 0 saturated heterocycles. The monoisotopic (exact) mass is 704 g/mol. The minimum atomic E-state index is -4.53. The molecule has 0 aliphatic heterocycles. The molecule has 0 heterocycles. The van der Waals surface area contributed by atoms with Gasteiger partial charge in [0, 0.05) is 5.30 Å². The van der Waals surface area contributed by atoms with Crippen LogP contribution in [0.15, 0.2) is 89.8 Å². The summed E-state index contributed by atoms with van der Waals surface area (Å²) in [6, 6.07) is 25.8. The van der Waals surface area contributed by atoms with E-state index in [1.165, 1.54) is 53.5 Å². The number of hydrogen-bond acceptors (Lipinski definition) is 3. The zero-order valence-electron chi connectivity index (χ0n) is 20.4. The Bertz CT molecular complexity index is 1060. The van der Waals surface area contributed by atoms with E-state index < -0.39 is 18.0 Å². The first-order valence-electron chi connectivity index (χ1n) is 10.9. The molecule has 1 aliphatic carbocycles. The van der Waals surface area contributed by atoms with E-state index in [0.29, 0.717) is 5.30 Å². The van der Waals surface area contributed by atoms with Crippen molar-refractivity contribution >= 4 is 43.5 Å². The summed E-state index contributed by atoms with van der Waals surface area (Å²) in [5.41, 5.74) is 0. The Labute approximate surface area is 227 Å². The summed E-state index contributed by atoms with van der Waals surface area (Å²) in [4.78, 5) is -0.140. The van der Waals surface area contributed by atoms with E-state index in [1.54, 1.807) is 18.2 Å². The van der Waals surface area contributed by atoms with E-state index >= 15 is 0 Å². The van der Waals surface area contributed by atoms with E-state index in [0.717, 1.165) is 10.6 Å². The molecule has 0 spiro atoms. The van der Waals surface area contributed by atoms with Crippen molar-refractivity contribution in [1.29, 1.82) is 0 Å². The van der Waals surface area contributed by atoms with Crippen molar-refractivity contribution in [3.63, 3.8) is 0 Å². The summed E-state index contributed by atoms with van der Waals surface area (Å²) in [6.45, 7) is 11.0. The van der Waals surface area contributed by atoms with Crippen molar-refractivity contribution in [2.75, 3.05) is 0 Å². The van der Waals surface area contributed by atoms with Crippen LogP contribution in [0.4, 0.5) is 0 Å². The molecule has 0 N–H and O–H groups in total. The van der Waals surface area contributed by atoms with Crippen LogP contribution in [-0.4, -0.2) is 13.0 Å². The van der Waals surface area contributed by atoms with Crippen molar-refractivity contribution in [3.8, 4) is 0 Å². The van der Waals surface area contributed by atoms with Crippen LogP contribution < -0.4 is 15.9 Å². The van der Waals surface area contributed by atoms with Gasteiger partial charge in [0.2, 0.25) is 0 Å². The standard InChI is InChI=1S/C18H15O3PS.C10H15.ClH.Ir/c19-23(20,21)18-14-8-7-13-17(18)22(15-9-3-1-4-10-15)16-11-5-2-6-12-16;1-6-7(2)9(4)10(5)8(6)3;;/h1-14H,(H,19,20,21);1-5H3;1H;/q;;;+3/p-2. The summed E-state index contributed by atoms with van der Waals surface area (Å²) in [5, 5.41) is 2.57. The van der Waals surface area contributed by atoms with Crippen molar-refractivity contribution < 1.29 is 30.9 Å². The molecule has 0 bridgehead atoms. The minimum absolute atomic E-state index is 0.140. The van der Waals surface area contributed by atoms with Gasteiger partial charge in [-0.15, -0.1) is 0 Å². The second-order valence-electron chi connectivity index (χ2n) is 8.05. The van der Waals surface area contributed by atoms with E-state index in [2.05, 4.69) is 44.2 Å². The molecule has 0 atom stereocenters. The molecular formula is C28H29ClIrO3PS+. The Kier molecular flexibility index (Phi) is 12.1. The van der Waals surface area contributed by atoms with Gasteiger partial charge in [-0.2, -0.15) is 0 Å². The van der Waals surface area contributed by atoms with E-state index in [9.17, 15) is 13.0 Å². The molecule has 0 amide bonds. The third-order valence-corrected chi connectivity index (χ3v) is 9.76. The Morgan fingerprint density at radius 2 is 0.914 bits per heavy atom. The first-order chi connectivity index (χ1) is 16.6. The number of hydrogen-bond donors (Lipinski definition) is 0. The summed E-state index contributed by atoms with van der Waals surface area (Å²) in [5.74, 6) is 7.34. The average molecular weight is 704 g/mol. The molecule has 0 aromatic heterocycles. The molecular weight excluding hydrogens is 675 g/mol. The molecule has 3 nitrogen and oxygen atoms in total. The molecule has 0 unspecified atom stereocenters. The maximum absolute atomic E-state index is 11.7.